The van der Waals surface area contributed by atoms with Crippen LogP contribution in [0.4, 0.5) is 0 Å². The van der Waals surface area contributed by atoms with E-state index in [2.05, 4.69) is 5.32 Å². The first kappa shape index (κ1) is 26.2. The number of nitrogens with two attached hydrogens (primary N) is 1. The van der Waals surface area contributed by atoms with Crippen molar-refractivity contribution in [3.05, 3.63) is 61.1 Å². The molecular formula is C24H30N4O6S. The standard InChI is InChI=1S/C24H30N4O6S/c1-6-26-21(30)20-14(4)19-22(31)27(12-18(25)29)24(32)28(23(19)35-20)11-17(34-13(2)3)15-9-7-8-10-16(15)33-5/h7-10,13,17H,6,11-12H2,1-5H3,(H2,25,29)(H,26,30)/t17-/m0/s1. The van der Waals surface area contributed by atoms with Crippen molar-refractivity contribution in [3.8, 4) is 5.75 Å². The number of nitrogens with one attached hydrogen (secondary N) is 1. The second-order valence-corrected chi connectivity index (χ2v) is 9.26. The van der Waals surface area contributed by atoms with Crippen LogP contribution in [0.3, 0.4) is 0 Å². The molecule has 10 nitrogen and oxygen atoms in total. The van der Waals surface area contributed by atoms with E-state index in [4.69, 9.17) is 15.2 Å². The molecule has 11 heteroatoms. The molecule has 0 saturated heterocycles. The van der Waals surface area contributed by atoms with Crippen LogP contribution in [-0.4, -0.2) is 40.7 Å². The van der Waals surface area contributed by atoms with Crippen LogP contribution in [0.15, 0.2) is 33.9 Å². The molecule has 3 aromatic rings. The van der Waals surface area contributed by atoms with E-state index < -0.39 is 29.8 Å². The number of para-hydroxylation sites is 1. The van der Waals surface area contributed by atoms with Gasteiger partial charge in [0.05, 0.1) is 30.0 Å². The number of nitrogens with zero attached hydrogens (tertiary/aromatic N) is 2. The van der Waals surface area contributed by atoms with E-state index in [1.54, 1.807) is 27.0 Å². The van der Waals surface area contributed by atoms with Crippen molar-refractivity contribution < 1.29 is 19.1 Å². The molecule has 0 spiro atoms. The van der Waals surface area contributed by atoms with Crippen LogP contribution in [0.2, 0.25) is 0 Å². The van der Waals surface area contributed by atoms with Crippen molar-refractivity contribution in [3.63, 3.8) is 0 Å². The van der Waals surface area contributed by atoms with Crippen LogP contribution in [0, 0.1) is 6.92 Å². The Morgan fingerprint density at radius 3 is 2.46 bits per heavy atom. The van der Waals surface area contributed by atoms with Gasteiger partial charge in [-0.1, -0.05) is 18.2 Å². The summed E-state index contributed by atoms with van der Waals surface area (Å²) in [5, 5.41) is 2.93. The van der Waals surface area contributed by atoms with Crippen LogP contribution in [0.5, 0.6) is 5.75 Å². The molecule has 35 heavy (non-hydrogen) atoms. The highest BCUT2D eigenvalue weighted by molar-refractivity contribution is 7.20. The Bertz CT molecular complexity index is 1370. The lowest BCUT2D eigenvalue weighted by Gasteiger charge is -2.24. The van der Waals surface area contributed by atoms with Gasteiger partial charge in [-0.3, -0.25) is 23.5 Å². The molecule has 0 saturated carbocycles. The van der Waals surface area contributed by atoms with Gasteiger partial charge in [-0.15, -0.1) is 11.3 Å². The number of carbonyl (C=O) groups is 2. The molecule has 2 heterocycles. The van der Waals surface area contributed by atoms with Gasteiger partial charge >= 0.3 is 5.69 Å². The second-order valence-electron chi connectivity index (χ2n) is 8.26. The van der Waals surface area contributed by atoms with E-state index >= 15 is 0 Å². The Morgan fingerprint density at radius 1 is 1.17 bits per heavy atom. The SMILES string of the molecule is CCNC(=O)c1sc2c(c1C)c(=O)n(CC(N)=O)c(=O)n2C[C@H](OC(C)C)c1ccccc1OC. The fourth-order valence-electron chi connectivity index (χ4n) is 3.95. The van der Waals surface area contributed by atoms with Crippen molar-refractivity contribution in [2.24, 2.45) is 5.73 Å². The van der Waals surface area contributed by atoms with Crippen molar-refractivity contribution in [1.82, 2.24) is 14.5 Å². The molecule has 0 aliphatic carbocycles. The highest BCUT2D eigenvalue weighted by Gasteiger charge is 2.26. The molecular weight excluding hydrogens is 472 g/mol. The number of aromatic nitrogens is 2. The Balaban J connectivity index is 2.31. The van der Waals surface area contributed by atoms with Gasteiger partial charge in [0.1, 0.15) is 23.2 Å². The number of methoxy groups -OCH3 is 1. The normalized spacial score (nSPS) is 12.2. The Labute approximate surface area is 206 Å². The quantitative estimate of drug-likeness (QED) is 0.435. The largest absolute Gasteiger partial charge is 0.496 e. The van der Waals surface area contributed by atoms with Gasteiger partial charge in [0, 0.05) is 12.1 Å². The molecule has 0 fully saturated rings. The Kier molecular flexibility index (Phi) is 8.13. The number of hydrogen-bond acceptors (Lipinski definition) is 7. The summed E-state index contributed by atoms with van der Waals surface area (Å²) in [6.45, 7) is 7.03. The van der Waals surface area contributed by atoms with Gasteiger partial charge in [0.25, 0.3) is 11.5 Å². The topological polar surface area (TPSA) is 135 Å². The smallest absolute Gasteiger partial charge is 0.332 e. The number of benzene rings is 1. The molecule has 1 aromatic carbocycles. The third-order valence-electron chi connectivity index (χ3n) is 5.42. The van der Waals surface area contributed by atoms with Crippen LogP contribution >= 0.6 is 11.3 Å². The first-order chi connectivity index (χ1) is 16.6. The number of fused-ring (bicyclic) bond motifs is 1. The van der Waals surface area contributed by atoms with Gasteiger partial charge < -0.3 is 20.5 Å². The average Bonchev–Trinajstić information content (AvgIpc) is 3.15. The fraction of sp³-hybridized carbons (Fsp3) is 0.417. The van der Waals surface area contributed by atoms with Crippen molar-refractivity contribution >= 4 is 33.4 Å². The number of aryl methyl sites for hydroxylation is 1. The van der Waals surface area contributed by atoms with E-state index in [-0.39, 0.29) is 23.9 Å². The molecule has 2 amide bonds. The summed E-state index contributed by atoms with van der Waals surface area (Å²) in [5.74, 6) is -0.587. The second kappa shape index (κ2) is 10.9. The molecule has 0 unspecified atom stereocenters. The molecule has 188 valence electrons. The fourth-order valence-corrected chi connectivity index (χ4v) is 5.17. The molecule has 2 aromatic heterocycles. The summed E-state index contributed by atoms with van der Waals surface area (Å²) in [6.07, 6.45) is -0.814. The zero-order valence-electron chi connectivity index (χ0n) is 20.4. The summed E-state index contributed by atoms with van der Waals surface area (Å²) in [5.41, 5.74) is 5.11. The highest BCUT2D eigenvalue weighted by atomic mass is 32.1. The van der Waals surface area contributed by atoms with E-state index in [9.17, 15) is 19.2 Å². The zero-order chi connectivity index (χ0) is 25.9. The summed E-state index contributed by atoms with van der Waals surface area (Å²) >= 11 is 1.06. The van der Waals surface area contributed by atoms with Crippen LogP contribution in [-0.2, 0) is 22.6 Å². The minimum atomic E-state index is -0.827. The summed E-state index contributed by atoms with van der Waals surface area (Å²) in [7, 11) is 1.55. The monoisotopic (exact) mass is 502 g/mol. The van der Waals surface area contributed by atoms with Gasteiger partial charge in [-0.2, -0.15) is 0 Å². The third-order valence-corrected chi connectivity index (χ3v) is 6.74. The number of carbonyl (C=O) groups excluding carboxylic acids is 2. The van der Waals surface area contributed by atoms with E-state index in [0.29, 0.717) is 33.1 Å². The predicted octanol–water partition coefficient (Wildman–Crippen LogP) is 1.94. The van der Waals surface area contributed by atoms with Crippen LogP contribution in [0.25, 0.3) is 10.2 Å². The summed E-state index contributed by atoms with van der Waals surface area (Å²) < 4.78 is 13.9. The predicted molar refractivity (Wildman–Crippen MR) is 134 cm³/mol. The molecule has 0 radical (unpaired) electrons. The Morgan fingerprint density at radius 2 is 1.86 bits per heavy atom. The summed E-state index contributed by atoms with van der Waals surface area (Å²) in [4.78, 5) is 51.8. The zero-order valence-corrected chi connectivity index (χ0v) is 21.2. The first-order valence-electron chi connectivity index (χ1n) is 11.2. The lowest BCUT2D eigenvalue weighted by atomic mass is 10.1. The average molecular weight is 503 g/mol. The molecule has 0 bridgehead atoms. The molecule has 0 aliphatic rings. The number of primary amides is 1. The van der Waals surface area contributed by atoms with Crippen molar-refractivity contribution in [2.45, 2.75) is 53.0 Å². The molecule has 1 atom stereocenters. The number of thiophene rings is 1. The third kappa shape index (κ3) is 5.30. The minimum Gasteiger partial charge on any atom is -0.496 e. The highest BCUT2D eigenvalue weighted by Crippen LogP contribution is 2.32. The number of rotatable bonds is 10. The van der Waals surface area contributed by atoms with Gasteiger partial charge in [0.15, 0.2) is 0 Å². The number of hydrogen-bond donors (Lipinski definition) is 2. The maximum absolute atomic E-state index is 13.5. The van der Waals surface area contributed by atoms with Crippen molar-refractivity contribution in [2.75, 3.05) is 13.7 Å². The molecule has 0 aliphatic heterocycles. The number of amides is 2. The first-order valence-corrected chi connectivity index (χ1v) is 12.0. The number of ether oxygens (including phenoxy) is 2. The molecule has 3 rings (SSSR count). The summed E-state index contributed by atoms with van der Waals surface area (Å²) in [6, 6.07) is 7.30. The van der Waals surface area contributed by atoms with Crippen LogP contribution in [0.1, 0.15) is 47.7 Å². The maximum Gasteiger partial charge on any atom is 0.332 e. The lowest BCUT2D eigenvalue weighted by Crippen LogP contribution is -2.43. The maximum atomic E-state index is 13.5. The van der Waals surface area contributed by atoms with Gasteiger partial charge in [-0.25, -0.2) is 4.79 Å². The van der Waals surface area contributed by atoms with Crippen molar-refractivity contribution in [1.29, 1.82) is 0 Å². The molecule has 3 N–H and O–H groups in total. The van der Waals surface area contributed by atoms with Gasteiger partial charge in [0.2, 0.25) is 5.91 Å². The van der Waals surface area contributed by atoms with Gasteiger partial charge in [-0.05, 0) is 39.3 Å². The Hall–Kier alpha value is -3.44. The van der Waals surface area contributed by atoms with Crippen LogP contribution < -0.4 is 27.0 Å². The van der Waals surface area contributed by atoms with E-state index in [1.807, 2.05) is 32.0 Å². The minimum absolute atomic E-state index is 0.0156. The lowest BCUT2D eigenvalue weighted by molar-refractivity contribution is -0.118. The van der Waals surface area contributed by atoms with E-state index in [0.717, 1.165) is 15.9 Å². The van der Waals surface area contributed by atoms with E-state index in [1.165, 1.54) is 4.57 Å².